The average Bonchev–Trinajstić information content (AvgIpc) is 2.10. The van der Waals surface area contributed by atoms with E-state index in [0.29, 0.717) is 6.42 Å². The van der Waals surface area contributed by atoms with Crippen molar-refractivity contribution in [3.63, 3.8) is 0 Å². The summed E-state index contributed by atoms with van der Waals surface area (Å²) < 4.78 is 0. The van der Waals surface area contributed by atoms with Crippen LogP contribution in [0.1, 0.15) is 26.2 Å². The molecule has 5 heteroatoms. The molecular weight excluding hydrogens is 174 g/mol. The summed E-state index contributed by atoms with van der Waals surface area (Å²) in [6.07, 6.45) is 0.554. The third-order valence-corrected chi connectivity index (χ3v) is 1.54. The molecule has 0 fully saturated rings. The molecule has 0 spiro atoms. The fraction of sp³-hybridized carbons (Fsp3) is 0.750. The predicted octanol–water partition coefficient (Wildman–Crippen LogP) is -0.262. The van der Waals surface area contributed by atoms with Crippen molar-refractivity contribution in [2.24, 2.45) is 0 Å². The van der Waals surface area contributed by atoms with Crippen LogP contribution < -0.4 is 5.32 Å². The normalized spacial score (nSPS) is 12.2. The van der Waals surface area contributed by atoms with Crippen LogP contribution in [0.5, 0.6) is 0 Å². The number of carboxylic acid groups (broad SMARTS) is 1. The Bertz CT molecular complexity index is 181. The van der Waals surface area contributed by atoms with E-state index in [1.54, 1.807) is 0 Å². The number of carbonyl (C=O) groups excluding carboxylic acids is 1. The molecular formula is C8H15NO4. The molecule has 1 amide bonds. The largest absolute Gasteiger partial charge is 0.479 e. The van der Waals surface area contributed by atoms with Crippen molar-refractivity contribution in [1.82, 2.24) is 5.32 Å². The van der Waals surface area contributed by atoms with Gasteiger partial charge in [-0.25, -0.2) is 4.79 Å². The highest BCUT2D eigenvalue weighted by Crippen LogP contribution is 1.93. The van der Waals surface area contributed by atoms with Gasteiger partial charge in [0.25, 0.3) is 0 Å². The molecule has 0 saturated carbocycles. The number of aliphatic carboxylic acids is 1. The lowest BCUT2D eigenvalue weighted by molar-refractivity contribution is -0.146. The van der Waals surface area contributed by atoms with Crippen LogP contribution in [0, 0.1) is 0 Å². The Morgan fingerprint density at radius 1 is 1.46 bits per heavy atom. The van der Waals surface area contributed by atoms with Crippen molar-refractivity contribution in [2.45, 2.75) is 32.3 Å². The highest BCUT2D eigenvalue weighted by Gasteiger charge is 2.13. The van der Waals surface area contributed by atoms with Crippen LogP contribution in [-0.2, 0) is 9.59 Å². The number of hydrogen-bond donors (Lipinski definition) is 3. The predicted molar refractivity (Wildman–Crippen MR) is 46.2 cm³/mol. The van der Waals surface area contributed by atoms with Crippen molar-refractivity contribution in [1.29, 1.82) is 0 Å². The molecule has 0 heterocycles. The van der Waals surface area contributed by atoms with Gasteiger partial charge >= 0.3 is 5.97 Å². The maximum Gasteiger partial charge on any atom is 0.334 e. The number of amides is 1. The van der Waals surface area contributed by atoms with Crippen LogP contribution >= 0.6 is 0 Å². The van der Waals surface area contributed by atoms with E-state index in [2.05, 4.69) is 5.32 Å². The zero-order chi connectivity index (χ0) is 10.3. The molecule has 0 aromatic heterocycles. The summed E-state index contributed by atoms with van der Waals surface area (Å²) in [7, 11) is 0. The molecule has 0 radical (unpaired) electrons. The second-order valence-electron chi connectivity index (χ2n) is 2.76. The second kappa shape index (κ2) is 6.42. The third-order valence-electron chi connectivity index (χ3n) is 1.54. The quantitative estimate of drug-likeness (QED) is 0.537. The highest BCUT2D eigenvalue weighted by molar-refractivity contribution is 5.77. The maximum atomic E-state index is 10.9. The zero-order valence-corrected chi connectivity index (χ0v) is 7.62. The van der Waals surface area contributed by atoms with Gasteiger partial charge in [-0.1, -0.05) is 13.3 Å². The molecule has 0 aliphatic rings. The first-order valence-corrected chi connectivity index (χ1v) is 4.25. The van der Waals surface area contributed by atoms with Crippen LogP contribution in [0.25, 0.3) is 0 Å². The van der Waals surface area contributed by atoms with Gasteiger partial charge in [0.1, 0.15) is 0 Å². The lowest BCUT2D eigenvalue weighted by atomic mass is 10.2. The van der Waals surface area contributed by atoms with Gasteiger partial charge < -0.3 is 15.5 Å². The number of carbonyl (C=O) groups is 2. The highest BCUT2D eigenvalue weighted by atomic mass is 16.4. The second-order valence-corrected chi connectivity index (χ2v) is 2.76. The molecule has 0 aromatic rings. The lowest BCUT2D eigenvalue weighted by Crippen LogP contribution is -2.36. The van der Waals surface area contributed by atoms with E-state index in [1.165, 1.54) is 0 Å². The number of rotatable bonds is 6. The van der Waals surface area contributed by atoms with E-state index in [1.807, 2.05) is 6.92 Å². The summed E-state index contributed by atoms with van der Waals surface area (Å²) in [4.78, 5) is 21.0. The first-order chi connectivity index (χ1) is 6.07. The molecule has 13 heavy (non-hydrogen) atoms. The summed E-state index contributed by atoms with van der Waals surface area (Å²) in [5, 5.41) is 19.4. The van der Waals surface area contributed by atoms with Crippen molar-refractivity contribution in [2.75, 3.05) is 6.54 Å². The standard InChI is InChI=1S/C8H15NO4/c1-2-3-4-7(11)9-5-6(10)8(12)13/h6,10H,2-5H2,1H3,(H,9,11)(H,12,13). The molecule has 5 nitrogen and oxygen atoms in total. The Balaban J connectivity index is 3.52. The molecule has 0 aliphatic carbocycles. The molecule has 0 rings (SSSR count). The Kier molecular flexibility index (Phi) is 5.88. The molecule has 3 N–H and O–H groups in total. The van der Waals surface area contributed by atoms with Crippen molar-refractivity contribution in [3.8, 4) is 0 Å². The van der Waals surface area contributed by atoms with Crippen molar-refractivity contribution in [3.05, 3.63) is 0 Å². The fourth-order valence-electron chi connectivity index (χ4n) is 0.724. The van der Waals surface area contributed by atoms with Gasteiger partial charge in [-0.05, 0) is 6.42 Å². The Labute approximate surface area is 76.8 Å². The van der Waals surface area contributed by atoms with E-state index < -0.39 is 12.1 Å². The average molecular weight is 189 g/mol. The number of aliphatic hydroxyl groups excluding tert-OH is 1. The maximum absolute atomic E-state index is 10.9. The topological polar surface area (TPSA) is 86.6 Å². The van der Waals surface area contributed by atoms with Crippen molar-refractivity contribution >= 4 is 11.9 Å². The zero-order valence-electron chi connectivity index (χ0n) is 7.62. The van der Waals surface area contributed by atoms with E-state index in [0.717, 1.165) is 12.8 Å². The van der Waals surface area contributed by atoms with Gasteiger partial charge in [-0.2, -0.15) is 0 Å². The van der Waals surface area contributed by atoms with Crippen LogP contribution in [0.2, 0.25) is 0 Å². The van der Waals surface area contributed by atoms with E-state index in [-0.39, 0.29) is 12.5 Å². The summed E-state index contributed by atoms with van der Waals surface area (Å²) in [6, 6.07) is 0. The van der Waals surface area contributed by atoms with Crippen LogP contribution in [0.3, 0.4) is 0 Å². The van der Waals surface area contributed by atoms with Crippen molar-refractivity contribution < 1.29 is 19.8 Å². The van der Waals surface area contributed by atoms with Gasteiger partial charge in [-0.3, -0.25) is 4.79 Å². The number of carboxylic acids is 1. The molecule has 1 unspecified atom stereocenters. The fourth-order valence-corrected chi connectivity index (χ4v) is 0.724. The summed E-state index contributed by atoms with van der Waals surface area (Å²) in [5.74, 6) is -1.54. The Morgan fingerprint density at radius 2 is 2.08 bits per heavy atom. The summed E-state index contributed by atoms with van der Waals surface area (Å²) in [6.45, 7) is 1.73. The molecule has 1 atom stereocenters. The molecule has 0 bridgehead atoms. The number of unbranched alkanes of at least 4 members (excludes halogenated alkanes) is 1. The minimum absolute atomic E-state index is 0.220. The van der Waals surface area contributed by atoms with E-state index >= 15 is 0 Å². The van der Waals surface area contributed by atoms with Crippen LogP contribution in [0.4, 0.5) is 0 Å². The van der Waals surface area contributed by atoms with Gasteiger partial charge in [0.05, 0.1) is 6.54 Å². The monoisotopic (exact) mass is 189 g/mol. The van der Waals surface area contributed by atoms with Crippen LogP contribution in [-0.4, -0.2) is 34.7 Å². The van der Waals surface area contributed by atoms with Gasteiger partial charge in [-0.15, -0.1) is 0 Å². The molecule has 0 aromatic carbocycles. The van der Waals surface area contributed by atoms with Gasteiger partial charge in [0.15, 0.2) is 6.10 Å². The minimum atomic E-state index is -1.51. The van der Waals surface area contributed by atoms with Crippen LogP contribution in [0.15, 0.2) is 0 Å². The molecule has 0 aliphatic heterocycles. The lowest BCUT2D eigenvalue weighted by Gasteiger charge is -2.06. The van der Waals surface area contributed by atoms with E-state index in [9.17, 15) is 9.59 Å². The van der Waals surface area contributed by atoms with Gasteiger partial charge in [0, 0.05) is 6.42 Å². The van der Waals surface area contributed by atoms with E-state index in [4.69, 9.17) is 10.2 Å². The number of nitrogens with one attached hydrogen (secondary N) is 1. The van der Waals surface area contributed by atoms with Gasteiger partial charge in [0.2, 0.25) is 5.91 Å². The Morgan fingerprint density at radius 3 is 2.54 bits per heavy atom. The first-order valence-electron chi connectivity index (χ1n) is 4.25. The molecule has 0 saturated heterocycles. The number of hydrogen-bond acceptors (Lipinski definition) is 3. The Hall–Kier alpha value is -1.10. The summed E-state index contributed by atoms with van der Waals surface area (Å²) >= 11 is 0. The third kappa shape index (κ3) is 6.10. The molecule has 76 valence electrons. The minimum Gasteiger partial charge on any atom is -0.479 e. The first kappa shape index (κ1) is 11.9. The number of aliphatic hydroxyl groups is 1. The SMILES string of the molecule is CCCCC(=O)NCC(O)C(=O)O. The smallest absolute Gasteiger partial charge is 0.334 e. The summed E-state index contributed by atoms with van der Waals surface area (Å²) in [5.41, 5.74) is 0.